The number of carbonyl (C=O) groups excluding carboxylic acids is 1. The summed E-state index contributed by atoms with van der Waals surface area (Å²) in [5, 5.41) is 16.6. The molecule has 0 spiro atoms. The van der Waals surface area contributed by atoms with E-state index in [4.69, 9.17) is 4.98 Å². The molecule has 1 amide bonds. The minimum atomic E-state index is -0.0721. The largest absolute Gasteiger partial charge is 0.324 e. The predicted octanol–water partition coefficient (Wildman–Crippen LogP) is 3.65. The number of hydrogen-bond acceptors (Lipinski definition) is 5. The number of carbonyl (C=O) groups is 1. The second kappa shape index (κ2) is 7.64. The van der Waals surface area contributed by atoms with E-state index in [1.165, 1.54) is 0 Å². The van der Waals surface area contributed by atoms with Crippen molar-refractivity contribution in [3.05, 3.63) is 77.9 Å². The summed E-state index contributed by atoms with van der Waals surface area (Å²) in [5.74, 6) is -0.0721. The van der Waals surface area contributed by atoms with Gasteiger partial charge in [-0.2, -0.15) is 5.10 Å². The van der Waals surface area contributed by atoms with Crippen LogP contribution in [0, 0.1) is 13.8 Å². The molecule has 31 heavy (non-hydrogen) atoms. The van der Waals surface area contributed by atoms with E-state index < -0.39 is 0 Å². The average Bonchev–Trinajstić information content (AvgIpc) is 3.43. The van der Waals surface area contributed by atoms with Gasteiger partial charge < -0.3 is 5.32 Å². The minimum Gasteiger partial charge on any atom is -0.324 e. The van der Waals surface area contributed by atoms with Crippen LogP contribution in [-0.4, -0.2) is 35.5 Å². The first-order valence-corrected chi connectivity index (χ1v) is 10.1. The summed E-state index contributed by atoms with van der Waals surface area (Å²) in [6.07, 6.45) is 4.26. The predicted molar refractivity (Wildman–Crippen MR) is 118 cm³/mol. The molecule has 0 aliphatic rings. The van der Waals surface area contributed by atoms with Gasteiger partial charge in [-0.3, -0.25) is 4.79 Å². The van der Waals surface area contributed by atoms with Crippen molar-refractivity contribution in [3.8, 4) is 5.69 Å². The van der Waals surface area contributed by atoms with Crippen molar-refractivity contribution in [2.75, 3.05) is 5.32 Å². The lowest BCUT2D eigenvalue weighted by molar-refractivity contribution is -0.116. The Balaban J connectivity index is 1.38. The van der Waals surface area contributed by atoms with Crippen molar-refractivity contribution in [2.24, 2.45) is 0 Å². The number of nitrogens with one attached hydrogen (secondary N) is 1. The van der Waals surface area contributed by atoms with Gasteiger partial charge in [0.1, 0.15) is 0 Å². The standard InChI is InChI=1S/C23H21N7O/c1-15-17(16(2)30-23(25-15)18-7-3-4-8-19(18)27-30)11-12-22(31)26-20-9-5-6-10-21(20)29-14-13-24-28-29/h3-10,13-14H,11-12H2,1-2H3,(H,26,31). The highest BCUT2D eigenvalue weighted by Crippen LogP contribution is 2.23. The zero-order chi connectivity index (χ0) is 21.4. The Morgan fingerprint density at radius 2 is 1.87 bits per heavy atom. The Morgan fingerprint density at radius 3 is 2.71 bits per heavy atom. The third kappa shape index (κ3) is 3.42. The smallest absolute Gasteiger partial charge is 0.224 e. The van der Waals surface area contributed by atoms with Crippen LogP contribution in [0.3, 0.4) is 0 Å². The summed E-state index contributed by atoms with van der Waals surface area (Å²) < 4.78 is 3.51. The van der Waals surface area contributed by atoms with E-state index in [9.17, 15) is 4.79 Å². The van der Waals surface area contributed by atoms with Crippen LogP contribution < -0.4 is 5.32 Å². The van der Waals surface area contributed by atoms with Crippen LogP contribution in [-0.2, 0) is 11.2 Å². The van der Waals surface area contributed by atoms with Crippen LogP contribution in [0.15, 0.2) is 60.9 Å². The molecule has 3 heterocycles. The number of anilines is 1. The van der Waals surface area contributed by atoms with E-state index in [0.29, 0.717) is 18.5 Å². The van der Waals surface area contributed by atoms with E-state index in [0.717, 1.165) is 39.2 Å². The molecule has 5 aromatic rings. The summed E-state index contributed by atoms with van der Waals surface area (Å²) in [5.41, 5.74) is 6.20. The van der Waals surface area contributed by atoms with Crippen molar-refractivity contribution in [3.63, 3.8) is 0 Å². The second-order valence-electron chi connectivity index (χ2n) is 7.43. The molecule has 5 rings (SSSR count). The van der Waals surface area contributed by atoms with Gasteiger partial charge in [0.15, 0.2) is 5.65 Å². The minimum absolute atomic E-state index is 0.0721. The molecule has 1 N–H and O–H groups in total. The SMILES string of the molecule is Cc1nc2c3ccccc3nn2c(C)c1CCC(=O)Nc1ccccc1-n1ccnn1. The molecule has 0 atom stereocenters. The van der Waals surface area contributed by atoms with E-state index in [-0.39, 0.29) is 5.91 Å². The fourth-order valence-electron chi connectivity index (χ4n) is 3.91. The third-order valence-corrected chi connectivity index (χ3v) is 5.47. The molecule has 154 valence electrons. The molecule has 0 fully saturated rings. The maximum Gasteiger partial charge on any atom is 0.224 e. The Hall–Kier alpha value is -4.07. The Morgan fingerprint density at radius 1 is 1.06 bits per heavy atom. The molecule has 0 aliphatic heterocycles. The molecule has 0 bridgehead atoms. The summed E-state index contributed by atoms with van der Waals surface area (Å²) in [6.45, 7) is 4.02. The molecular formula is C23H21N7O. The number of hydrogen-bond donors (Lipinski definition) is 1. The number of aryl methyl sites for hydroxylation is 2. The lowest BCUT2D eigenvalue weighted by Crippen LogP contribution is -2.15. The van der Waals surface area contributed by atoms with Crippen LogP contribution in [0.2, 0.25) is 0 Å². The van der Waals surface area contributed by atoms with Crippen LogP contribution in [0.25, 0.3) is 22.2 Å². The maximum absolute atomic E-state index is 12.7. The lowest BCUT2D eigenvalue weighted by atomic mass is 10.1. The topological polar surface area (TPSA) is 90.0 Å². The van der Waals surface area contributed by atoms with Gasteiger partial charge in [-0.05, 0) is 50.1 Å². The number of nitrogens with zero attached hydrogens (tertiary/aromatic N) is 6. The first-order valence-electron chi connectivity index (χ1n) is 10.1. The number of fused-ring (bicyclic) bond motifs is 3. The molecule has 8 nitrogen and oxygen atoms in total. The zero-order valence-electron chi connectivity index (χ0n) is 17.3. The van der Waals surface area contributed by atoms with Crippen molar-refractivity contribution < 1.29 is 4.79 Å². The van der Waals surface area contributed by atoms with Crippen molar-refractivity contribution >= 4 is 28.1 Å². The molecule has 2 aromatic carbocycles. The molecule has 0 saturated heterocycles. The lowest BCUT2D eigenvalue weighted by Gasteiger charge is -2.13. The highest BCUT2D eigenvalue weighted by atomic mass is 16.1. The summed E-state index contributed by atoms with van der Waals surface area (Å²) in [4.78, 5) is 17.5. The van der Waals surface area contributed by atoms with Gasteiger partial charge in [-0.15, -0.1) is 5.10 Å². The van der Waals surface area contributed by atoms with Gasteiger partial charge in [-0.1, -0.05) is 29.5 Å². The van der Waals surface area contributed by atoms with E-state index in [1.807, 2.05) is 66.9 Å². The first kappa shape index (κ1) is 18.9. The summed E-state index contributed by atoms with van der Waals surface area (Å²) in [6, 6.07) is 15.5. The monoisotopic (exact) mass is 411 g/mol. The van der Waals surface area contributed by atoms with Crippen molar-refractivity contribution in [1.29, 1.82) is 0 Å². The van der Waals surface area contributed by atoms with Gasteiger partial charge in [-0.25, -0.2) is 14.2 Å². The summed E-state index contributed by atoms with van der Waals surface area (Å²) in [7, 11) is 0. The number of para-hydroxylation sites is 2. The Labute approximate surface area is 178 Å². The van der Waals surface area contributed by atoms with Gasteiger partial charge in [0, 0.05) is 23.2 Å². The average molecular weight is 411 g/mol. The number of rotatable bonds is 5. The van der Waals surface area contributed by atoms with Crippen molar-refractivity contribution in [2.45, 2.75) is 26.7 Å². The zero-order valence-corrected chi connectivity index (χ0v) is 17.3. The molecule has 0 aliphatic carbocycles. The quantitative estimate of drug-likeness (QED) is 0.477. The molecule has 0 saturated carbocycles. The number of aromatic nitrogens is 6. The van der Waals surface area contributed by atoms with Crippen LogP contribution >= 0.6 is 0 Å². The molecular weight excluding hydrogens is 390 g/mol. The number of benzene rings is 2. The van der Waals surface area contributed by atoms with Gasteiger partial charge in [0.05, 0.1) is 29.3 Å². The molecule has 0 radical (unpaired) electrons. The Kier molecular flexibility index (Phi) is 4.66. The maximum atomic E-state index is 12.7. The fraction of sp³-hybridized carbons (Fsp3) is 0.174. The van der Waals surface area contributed by atoms with E-state index in [2.05, 4.69) is 20.7 Å². The van der Waals surface area contributed by atoms with Crippen LogP contribution in [0.5, 0.6) is 0 Å². The second-order valence-corrected chi connectivity index (χ2v) is 7.43. The molecule has 3 aromatic heterocycles. The number of amides is 1. The molecule has 0 unspecified atom stereocenters. The summed E-state index contributed by atoms with van der Waals surface area (Å²) >= 11 is 0. The van der Waals surface area contributed by atoms with Crippen LogP contribution in [0.4, 0.5) is 5.69 Å². The first-order chi connectivity index (χ1) is 15.1. The normalized spacial score (nSPS) is 11.3. The third-order valence-electron chi connectivity index (χ3n) is 5.47. The fourth-order valence-corrected chi connectivity index (χ4v) is 3.91. The van der Waals surface area contributed by atoms with Crippen LogP contribution in [0.1, 0.15) is 23.4 Å². The van der Waals surface area contributed by atoms with E-state index in [1.54, 1.807) is 17.1 Å². The highest BCUT2D eigenvalue weighted by Gasteiger charge is 2.15. The van der Waals surface area contributed by atoms with Gasteiger partial charge in [0.2, 0.25) is 5.91 Å². The molecule has 8 heteroatoms. The Bertz CT molecular complexity index is 1400. The van der Waals surface area contributed by atoms with Crippen molar-refractivity contribution in [1.82, 2.24) is 29.6 Å². The van der Waals surface area contributed by atoms with Gasteiger partial charge >= 0.3 is 0 Å². The van der Waals surface area contributed by atoms with Gasteiger partial charge in [0.25, 0.3) is 0 Å². The highest BCUT2D eigenvalue weighted by molar-refractivity contribution is 5.93. The van der Waals surface area contributed by atoms with E-state index >= 15 is 0 Å².